The van der Waals surface area contributed by atoms with Crippen LogP contribution < -0.4 is 10.6 Å². The summed E-state index contributed by atoms with van der Waals surface area (Å²) in [5.74, 6) is 0.198. The molecule has 0 atom stereocenters. The van der Waals surface area contributed by atoms with Gasteiger partial charge in [-0.3, -0.25) is 4.68 Å². The van der Waals surface area contributed by atoms with Crippen molar-refractivity contribution in [3.63, 3.8) is 0 Å². The number of halogens is 4. The molecule has 2 N–H and O–H groups in total. The van der Waals surface area contributed by atoms with Gasteiger partial charge in [0.05, 0.1) is 21.1 Å². The number of thiocarbonyl (C=S) groups is 1. The molecule has 1 aromatic heterocycles. The van der Waals surface area contributed by atoms with Crippen molar-refractivity contribution >= 4 is 68.0 Å². The predicted molar refractivity (Wildman–Crippen MR) is 112 cm³/mol. The van der Waals surface area contributed by atoms with Crippen LogP contribution in [-0.4, -0.2) is 14.9 Å². The van der Waals surface area contributed by atoms with E-state index in [2.05, 4.69) is 31.7 Å². The number of nitrogens with zero attached hydrogens (tertiary/aromatic N) is 2. The van der Waals surface area contributed by atoms with E-state index in [1.54, 1.807) is 28.9 Å². The molecule has 9 heteroatoms. The van der Waals surface area contributed by atoms with Gasteiger partial charge in [0.15, 0.2) is 10.9 Å². The Morgan fingerprint density at radius 2 is 1.96 bits per heavy atom. The van der Waals surface area contributed by atoms with Crippen LogP contribution in [0.1, 0.15) is 5.56 Å². The lowest BCUT2D eigenvalue weighted by molar-refractivity contribution is 0.628. The van der Waals surface area contributed by atoms with Gasteiger partial charge in [-0.05, 0) is 64.0 Å². The van der Waals surface area contributed by atoms with Crippen molar-refractivity contribution in [2.24, 2.45) is 0 Å². The first kappa shape index (κ1) is 19.1. The van der Waals surface area contributed by atoms with Gasteiger partial charge in [0, 0.05) is 11.9 Å². The Balaban J connectivity index is 1.67. The lowest BCUT2D eigenvalue weighted by atomic mass is 10.2. The lowest BCUT2D eigenvalue weighted by Crippen LogP contribution is -2.19. The molecule has 0 unspecified atom stereocenters. The predicted octanol–water partition coefficient (Wildman–Crippen LogP) is 5.95. The number of rotatable bonds is 4. The molecule has 3 rings (SSSR count). The van der Waals surface area contributed by atoms with Gasteiger partial charge >= 0.3 is 0 Å². The van der Waals surface area contributed by atoms with E-state index in [0.717, 1.165) is 10.0 Å². The van der Waals surface area contributed by atoms with Gasteiger partial charge in [0.2, 0.25) is 0 Å². The van der Waals surface area contributed by atoms with Gasteiger partial charge in [-0.1, -0.05) is 35.3 Å². The number of hydrogen-bond donors (Lipinski definition) is 2. The molecule has 134 valence electrons. The van der Waals surface area contributed by atoms with Crippen LogP contribution in [0.25, 0.3) is 0 Å². The summed E-state index contributed by atoms with van der Waals surface area (Å²) in [5, 5.41) is 11.6. The zero-order chi connectivity index (χ0) is 18.7. The summed E-state index contributed by atoms with van der Waals surface area (Å²) in [4.78, 5) is 0. The Labute approximate surface area is 173 Å². The highest BCUT2D eigenvalue weighted by molar-refractivity contribution is 9.10. The summed E-state index contributed by atoms with van der Waals surface area (Å²) in [6, 6.07) is 11.5. The maximum Gasteiger partial charge on any atom is 0.176 e. The van der Waals surface area contributed by atoms with Crippen LogP contribution in [0, 0.1) is 5.82 Å². The van der Waals surface area contributed by atoms with Gasteiger partial charge in [0.1, 0.15) is 5.82 Å². The lowest BCUT2D eigenvalue weighted by Gasteiger charge is -2.09. The molecule has 3 aromatic rings. The molecule has 0 fully saturated rings. The highest BCUT2D eigenvalue weighted by Gasteiger charge is 2.10. The minimum absolute atomic E-state index is 0.302. The number of anilines is 2. The van der Waals surface area contributed by atoms with Gasteiger partial charge in [-0.15, -0.1) is 0 Å². The molecule has 0 bridgehead atoms. The van der Waals surface area contributed by atoms with E-state index in [9.17, 15) is 4.39 Å². The molecule has 26 heavy (non-hydrogen) atoms. The molecular weight excluding hydrogens is 462 g/mol. The van der Waals surface area contributed by atoms with E-state index in [1.165, 1.54) is 12.1 Å². The standard InChI is InChI=1S/C17H12BrCl2FN4S/c18-13-9-25(8-10-4-5-14(19)15(20)6-10)24-16(13)23-17(26)22-12-3-1-2-11(21)7-12/h1-7,9H,8H2,(H2,22,23,24,26). The van der Waals surface area contributed by atoms with Gasteiger partial charge < -0.3 is 10.6 Å². The Morgan fingerprint density at radius 3 is 2.69 bits per heavy atom. The highest BCUT2D eigenvalue weighted by atomic mass is 79.9. The van der Waals surface area contributed by atoms with E-state index in [0.29, 0.717) is 33.2 Å². The number of benzene rings is 2. The average Bonchev–Trinajstić information content (AvgIpc) is 2.90. The van der Waals surface area contributed by atoms with Crippen LogP contribution in [0.3, 0.4) is 0 Å². The molecule has 0 aliphatic heterocycles. The van der Waals surface area contributed by atoms with Crippen molar-refractivity contribution < 1.29 is 4.39 Å². The number of hydrogen-bond acceptors (Lipinski definition) is 2. The highest BCUT2D eigenvalue weighted by Crippen LogP contribution is 2.25. The van der Waals surface area contributed by atoms with Crippen molar-refractivity contribution in [2.45, 2.75) is 6.54 Å². The minimum atomic E-state index is -0.343. The Bertz CT molecular complexity index is 964. The maximum absolute atomic E-state index is 13.2. The summed E-state index contributed by atoms with van der Waals surface area (Å²) < 4.78 is 15.7. The third kappa shape index (κ3) is 4.94. The molecule has 0 saturated heterocycles. The molecule has 0 aliphatic carbocycles. The summed E-state index contributed by atoms with van der Waals surface area (Å²) in [7, 11) is 0. The van der Waals surface area contributed by atoms with E-state index >= 15 is 0 Å². The zero-order valence-corrected chi connectivity index (χ0v) is 17.1. The normalized spacial score (nSPS) is 10.6. The molecule has 0 spiro atoms. The Kier molecular flexibility index (Phi) is 6.13. The Hall–Kier alpha value is -1.67. The van der Waals surface area contributed by atoms with Gasteiger partial charge in [-0.2, -0.15) is 5.10 Å². The van der Waals surface area contributed by atoms with Crippen molar-refractivity contribution in [1.29, 1.82) is 0 Å². The molecule has 0 radical (unpaired) electrons. The summed E-state index contributed by atoms with van der Waals surface area (Å²) in [5.41, 5.74) is 1.51. The third-order valence-corrected chi connectivity index (χ3v) is 4.88. The monoisotopic (exact) mass is 472 g/mol. The van der Waals surface area contributed by atoms with E-state index in [4.69, 9.17) is 35.4 Å². The molecule has 0 amide bonds. The van der Waals surface area contributed by atoms with Gasteiger partial charge in [-0.25, -0.2) is 4.39 Å². The summed E-state index contributed by atoms with van der Waals surface area (Å²) in [6.45, 7) is 0.515. The maximum atomic E-state index is 13.2. The molecule has 0 aliphatic rings. The van der Waals surface area contributed by atoms with Crippen LogP contribution in [0.5, 0.6) is 0 Å². The first-order valence-corrected chi connectivity index (χ1v) is 9.37. The quantitative estimate of drug-likeness (QED) is 0.459. The smallest absolute Gasteiger partial charge is 0.176 e. The molecule has 4 nitrogen and oxygen atoms in total. The van der Waals surface area contributed by atoms with E-state index in [-0.39, 0.29) is 5.82 Å². The Morgan fingerprint density at radius 1 is 1.15 bits per heavy atom. The second kappa shape index (κ2) is 8.35. The third-order valence-electron chi connectivity index (χ3n) is 3.36. The fourth-order valence-electron chi connectivity index (χ4n) is 2.22. The number of aromatic nitrogens is 2. The first-order valence-electron chi connectivity index (χ1n) is 7.41. The van der Waals surface area contributed by atoms with Crippen LogP contribution in [0.15, 0.2) is 53.1 Å². The van der Waals surface area contributed by atoms with Crippen LogP contribution in [-0.2, 0) is 6.54 Å². The largest absolute Gasteiger partial charge is 0.332 e. The van der Waals surface area contributed by atoms with Crippen LogP contribution in [0.2, 0.25) is 10.0 Å². The fraction of sp³-hybridized carbons (Fsp3) is 0.0588. The average molecular weight is 474 g/mol. The fourth-order valence-corrected chi connectivity index (χ4v) is 3.17. The van der Waals surface area contributed by atoms with Crippen molar-refractivity contribution in [3.8, 4) is 0 Å². The molecule has 1 heterocycles. The second-order valence-electron chi connectivity index (χ2n) is 5.36. The summed E-state index contributed by atoms with van der Waals surface area (Å²) in [6.07, 6.45) is 1.82. The second-order valence-corrected chi connectivity index (χ2v) is 7.44. The topological polar surface area (TPSA) is 41.9 Å². The SMILES string of the molecule is Fc1cccc(NC(=S)Nc2nn(Cc3ccc(Cl)c(Cl)c3)cc2Br)c1. The number of nitrogens with one attached hydrogen (secondary N) is 2. The van der Waals surface area contributed by atoms with Crippen LogP contribution >= 0.6 is 51.3 Å². The van der Waals surface area contributed by atoms with Crippen molar-refractivity contribution in [1.82, 2.24) is 9.78 Å². The minimum Gasteiger partial charge on any atom is -0.332 e. The van der Waals surface area contributed by atoms with Crippen molar-refractivity contribution in [2.75, 3.05) is 10.6 Å². The van der Waals surface area contributed by atoms with Crippen LogP contribution in [0.4, 0.5) is 15.9 Å². The van der Waals surface area contributed by atoms with Gasteiger partial charge in [0.25, 0.3) is 0 Å². The van der Waals surface area contributed by atoms with E-state index in [1.807, 2.05) is 12.3 Å². The molecular formula is C17H12BrCl2FN4S. The van der Waals surface area contributed by atoms with Crippen molar-refractivity contribution in [3.05, 3.63) is 74.6 Å². The first-order chi connectivity index (χ1) is 12.4. The molecule has 2 aromatic carbocycles. The van der Waals surface area contributed by atoms with E-state index < -0.39 is 0 Å². The zero-order valence-electron chi connectivity index (χ0n) is 13.1. The summed E-state index contributed by atoms with van der Waals surface area (Å²) >= 11 is 20.7. The molecule has 0 saturated carbocycles.